The fourth-order valence-electron chi connectivity index (χ4n) is 1.61. The number of nitrogens with one attached hydrogen (secondary N) is 1. The summed E-state index contributed by atoms with van der Waals surface area (Å²) in [6, 6.07) is 1.99. The Bertz CT molecular complexity index is 456. The summed E-state index contributed by atoms with van der Waals surface area (Å²) in [7, 11) is 0. The largest absolute Gasteiger partial charge is 0.444 e. The average Bonchev–Trinajstić information content (AvgIpc) is 2.70. The van der Waals surface area contributed by atoms with Crippen LogP contribution in [-0.2, 0) is 11.2 Å². The van der Waals surface area contributed by atoms with Gasteiger partial charge in [0.15, 0.2) is 0 Å². The maximum absolute atomic E-state index is 11.7. The summed E-state index contributed by atoms with van der Waals surface area (Å²) in [6.07, 6.45) is 0.236. The number of aliphatic hydroxyl groups is 1. The highest BCUT2D eigenvalue weighted by atomic mass is 79.9. The smallest absolute Gasteiger partial charge is 0.407 e. The first-order valence-corrected chi connectivity index (χ1v) is 8.12. The molecule has 0 aromatic carbocycles. The van der Waals surface area contributed by atoms with Crippen LogP contribution in [-0.4, -0.2) is 30.0 Å². The molecule has 0 saturated heterocycles. The molecule has 1 unspecified atom stereocenters. The predicted octanol–water partition coefficient (Wildman–Crippen LogP) is 3.58. The van der Waals surface area contributed by atoms with E-state index in [1.54, 1.807) is 11.3 Å². The van der Waals surface area contributed by atoms with E-state index in [2.05, 4.69) is 21.2 Å². The Kier molecular flexibility index (Phi) is 6.04. The van der Waals surface area contributed by atoms with Crippen LogP contribution >= 0.6 is 27.3 Å². The van der Waals surface area contributed by atoms with Crippen LogP contribution in [0, 0.1) is 5.41 Å². The van der Waals surface area contributed by atoms with Crippen molar-refractivity contribution in [3.8, 4) is 0 Å². The highest BCUT2D eigenvalue weighted by Crippen LogP contribution is 2.30. The number of hydrogen-bond acceptors (Lipinski definition) is 4. The van der Waals surface area contributed by atoms with Gasteiger partial charge < -0.3 is 15.2 Å². The molecule has 2 N–H and O–H groups in total. The Labute approximate surface area is 132 Å². The standard InChI is InChI=1S/C14H22BrNO3S/c1-13(2,3)19-12(18)16-8-14(4,9-17)7-11-10(15)5-6-20-11/h5-6,17H,7-9H2,1-4H3,(H,16,18). The summed E-state index contributed by atoms with van der Waals surface area (Å²) < 4.78 is 6.24. The molecule has 20 heavy (non-hydrogen) atoms. The van der Waals surface area contributed by atoms with E-state index in [-0.39, 0.29) is 6.61 Å². The van der Waals surface area contributed by atoms with Crippen molar-refractivity contribution in [1.82, 2.24) is 5.32 Å². The molecule has 6 heteroatoms. The van der Waals surface area contributed by atoms with Crippen LogP contribution in [0.4, 0.5) is 4.79 Å². The van der Waals surface area contributed by atoms with Gasteiger partial charge in [0.1, 0.15) is 5.60 Å². The van der Waals surface area contributed by atoms with E-state index in [1.165, 1.54) is 0 Å². The lowest BCUT2D eigenvalue weighted by molar-refractivity contribution is 0.0478. The molecular weight excluding hydrogens is 342 g/mol. The predicted molar refractivity (Wildman–Crippen MR) is 85.2 cm³/mol. The average molecular weight is 364 g/mol. The first-order valence-electron chi connectivity index (χ1n) is 6.45. The van der Waals surface area contributed by atoms with Gasteiger partial charge in [0.25, 0.3) is 0 Å². The Morgan fingerprint density at radius 3 is 2.55 bits per heavy atom. The minimum Gasteiger partial charge on any atom is -0.444 e. The second-order valence-corrected chi connectivity index (χ2v) is 8.05. The number of rotatable bonds is 5. The van der Waals surface area contributed by atoms with Crippen LogP contribution in [0.1, 0.15) is 32.6 Å². The molecule has 1 aromatic rings. The molecule has 0 spiro atoms. The van der Waals surface area contributed by atoms with Crippen molar-refractivity contribution in [2.75, 3.05) is 13.2 Å². The molecule has 1 heterocycles. The summed E-state index contributed by atoms with van der Waals surface area (Å²) >= 11 is 5.12. The lowest BCUT2D eigenvalue weighted by atomic mass is 9.87. The monoisotopic (exact) mass is 363 g/mol. The third-order valence-electron chi connectivity index (χ3n) is 2.72. The zero-order valence-electron chi connectivity index (χ0n) is 12.3. The molecule has 0 aliphatic heterocycles. The topological polar surface area (TPSA) is 58.6 Å². The van der Waals surface area contributed by atoms with E-state index in [9.17, 15) is 9.90 Å². The first kappa shape index (κ1) is 17.5. The van der Waals surface area contributed by atoms with E-state index in [1.807, 2.05) is 39.1 Å². The number of alkyl carbamates (subject to hydrolysis) is 1. The van der Waals surface area contributed by atoms with Gasteiger partial charge in [0.05, 0.1) is 6.61 Å². The Morgan fingerprint density at radius 2 is 2.10 bits per heavy atom. The lowest BCUT2D eigenvalue weighted by Gasteiger charge is -2.28. The van der Waals surface area contributed by atoms with Gasteiger partial charge in [0, 0.05) is 21.3 Å². The van der Waals surface area contributed by atoms with Crippen molar-refractivity contribution in [2.45, 2.75) is 39.7 Å². The van der Waals surface area contributed by atoms with E-state index in [0.29, 0.717) is 13.0 Å². The molecule has 4 nitrogen and oxygen atoms in total. The molecule has 0 aliphatic carbocycles. The SMILES string of the molecule is CC(CO)(CNC(=O)OC(C)(C)C)Cc1sccc1Br. The van der Waals surface area contributed by atoms with Crippen LogP contribution in [0.15, 0.2) is 15.9 Å². The quantitative estimate of drug-likeness (QED) is 0.840. The Morgan fingerprint density at radius 1 is 1.45 bits per heavy atom. The number of halogens is 1. The van der Waals surface area contributed by atoms with Gasteiger partial charge in [-0.15, -0.1) is 11.3 Å². The molecule has 1 atom stereocenters. The minimum absolute atomic E-state index is 0.00681. The fourth-order valence-corrected chi connectivity index (χ4v) is 3.32. The van der Waals surface area contributed by atoms with E-state index < -0.39 is 17.1 Å². The lowest BCUT2D eigenvalue weighted by Crippen LogP contribution is -2.41. The maximum Gasteiger partial charge on any atom is 0.407 e. The van der Waals surface area contributed by atoms with E-state index in [4.69, 9.17) is 4.74 Å². The van der Waals surface area contributed by atoms with Gasteiger partial charge in [-0.2, -0.15) is 0 Å². The fraction of sp³-hybridized carbons (Fsp3) is 0.643. The molecule has 0 aliphatic rings. The number of aliphatic hydroxyl groups excluding tert-OH is 1. The van der Waals surface area contributed by atoms with E-state index in [0.717, 1.165) is 9.35 Å². The highest BCUT2D eigenvalue weighted by Gasteiger charge is 2.27. The van der Waals surface area contributed by atoms with Crippen molar-refractivity contribution < 1.29 is 14.6 Å². The normalized spacial score (nSPS) is 14.7. The second-order valence-electron chi connectivity index (χ2n) is 6.19. The van der Waals surface area contributed by atoms with Gasteiger partial charge in [-0.05, 0) is 54.6 Å². The third-order valence-corrected chi connectivity index (χ3v) is 4.64. The van der Waals surface area contributed by atoms with Crippen LogP contribution in [0.25, 0.3) is 0 Å². The Balaban J connectivity index is 2.57. The van der Waals surface area contributed by atoms with Crippen molar-refractivity contribution in [3.63, 3.8) is 0 Å². The van der Waals surface area contributed by atoms with Gasteiger partial charge in [-0.3, -0.25) is 0 Å². The minimum atomic E-state index is -0.517. The van der Waals surface area contributed by atoms with Gasteiger partial charge in [-0.25, -0.2) is 4.79 Å². The number of carbonyl (C=O) groups excluding carboxylic acids is 1. The van der Waals surface area contributed by atoms with Crippen LogP contribution in [0.3, 0.4) is 0 Å². The van der Waals surface area contributed by atoms with Gasteiger partial charge in [-0.1, -0.05) is 6.92 Å². The summed E-state index contributed by atoms with van der Waals surface area (Å²) in [5.74, 6) is 0. The summed E-state index contributed by atoms with van der Waals surface area (Å²) in [4.78, 5) is 12.8. The molecule has 0 fully saturated rings. The summed E-state index contributed by atoms with van der Waals surface area (Å²) in [5, 5.41) is 14.3. The number of hydrogen-bond donors (Lipinski definition) is 2. The zero-order chi connectivity index (χ0) is 15.4. The van der Waals surface area contributed by atoms with Crippen molar-refractivity contribution in [1.29, 1.82) is 0 Å². The summed E-state index contributed by atoms with van der Waals surface area (Å²) in [5.41, 5.74) is -0.930. The van der Waals surface area contributed by atoms with Gasteiger partial charge in [0.2, 0.25) is 0 Å². The molecule has 1 amide bonds. The molecule has 0 bridgehead atoms. The molecule has 114 valence electrons. The van der Waals surface area contributed by atoms with Crippen molar-refractivity contribution in [3.05, 3.63) is 20.8 Å². The van der Waals surface area contributed by atoms with E-state index >= 15 is 0 Å². The van der Waals surface area contributed by atoms with Gasteiger partial charge >= 0.3 is 6.09 Å². The number of thiophene rings is 1. The zero-order valence-corrected chi connectivity index (χ0v) is 14.7. The highest BCUT2D eigenvalue weighted by molar-refractivity contribution is 9.10. The number of amides is 1. The van der Waals surface area contributed by atoms with Crippen LogP contribution in [0.5, 0.6) is 0 Å². The van der Waals surface area contributed by atoms with Crippen molar-refractivity contribution >= 4 is 33.4 Å². The third kappa shape index (κ3) is 5.81. The number of ether oxygens (including phenoxy) is 1. The maximum atomic E-state index is 11.7. The first-order chi connectivity index (χ1) is 9.15. The van der Waals surface area contributed by atoms with Crippen molar-refractivity contribution in [2.24, 2.45) is 5.41 Å². The molecule has 1 rings (SSSR count). The molecule has 1 aromatic heterocycles. The molecule has 0 radical (unpaired) electrons. The summed E-state index contributed by atoms with van der Waals surface area (Å²) in [6.45, 7) is 7.76. The number of carbonyl (C=O) groups is 1. The second kappa shape index (κ2) is 6.91. The van der Waals surface area contributed by atoms with Crippen LogP contribution < -0.4 is 5.32 Å². The van der Waals surface area contributed by atoms with Crippen LogP contribution in [0.2, 0.25) is 0 Å². The Hall–Kier alpha value is -0.590. The molecular formula is C14H22BrNO3S. The molecule has 0 saturated carbocycles.